The molecule has 1 N–H and O–H groups in total. The van der Waals surface area contributed by atoms with Crippen LogP contribution in [-0.2, 0) is 14.3 Å². The van der Waals surface area contributed by atoms with Crippen molar-refractivity contribution in [3.05, 3.63) is 0 Å². The van der Waals surface area contributed by atoms with Gasteiger partial charge in [-0.1, -0.05) is 6.92 Å². The largest absolute Gasteiger partial charge is 0.467 e. The highest BCUT2D eigenvalue weighted by atomic mass is 16.6. The zero-order chi connectivity index (χ0) is 10.3. The number of rotatable bonds is 1. The fourth-order valence-electron chi connectivity index (χ4n) is 1.76. The maximum Gasteiger partial charge on any atom is 0.341 e. The number of hydrogen-bond donors (Lipinski definition) is 1. The molecule has 1 aliphatic heterocycles. The van der Waals surface area contributed by atoms with E-state index >= 15 is 0 Å². The highest BCUT2D eigenvalue weighted by molar-refractivity contribution is 5.81. The summed E-state index contributed by atoms with van der Waals surface area (Å²) >= 11 is 0. The first kappa shape index (κ1) is 10.5. The van der Waals surface area contributed by atoms with E-state index in [1.165, 1.54) is 7.11 Å². The van der Waals surface area contributed by atoms with E-state index in [-0.39, 0.29) is 5.92 Å². The number of methoxy groups -OCH3 is 1. The van der Waals surface area contributed by atoms with Gasteiger partial charge in [0.2, 0.25) is 0 Å². The van der Waals surface area contributed by atoms with Gasteiger partial charge in [-0.3, -0.25) is 0 Å². The van der Waals surface area contributed by atoms with Crippen molar-refractivity contribution in [1.29, 1.82) is 0 Å². The number of aliphatic hydroxyl groups is 1. The summed E-state index contributed by atoms with van der Waals surface area (Å²) in [5.41, 5.74) is -2.40. The molecule has 1 fully saturated rings. The van der Waals surface area contributed by atoms with Crippen molar-refractivity contribution < 1.29 is 19.4 Å². The van der Waals surface area contributed by atoms with Gasteiger partial charge in [0.05, 0.1) is 13.7 Å². The second-order valence-corrected chi connectivity index (χ2v) is 3.98. The monoisotopic (exact) mass is 188 g/mol. The summed E-state index contributed by atoms with van der Waals surface area (Å²) in [6.07, 6.45) is 0. The molecule has 0 radical (unpaired) electrons. The van der Waals surface area contributed by atoms with Crippen LogP contribution < -0.4 is 0 Å². The second-order valence-electron chi connectivity index (χ2n) is 3.98. The first-order valence-corrected chi connectivity index (χ1v) is 4.31. The van der Waals surface area contributed by atoms with Crippen LogP contribution in [0.15, 0.2) is 0 Å². The summed E-state index contributed by atoms with van der Waals surface area (Å²) < 4.78 is 9.91. The molecule has 0 spiro atoms. The Kier molecular flexibility index (Phi) is 2.38. The first-order valence-electron chi connectivity index (χ1n) is 4.31. The molecule has 2 unspecified atom stereocenters. The molecule has 0 aromatic carbocycles. The summed E-state index contributed by atoms with van der Waals surface area (Å²) in [7, 11) is 1.27. The quantitative estimate of drug-likeness (QED) is 0.603. The maximum atomic E-state index is 11.4. The SMILES string of the molecule is COC(=O)C1(O)C(C)COC1(C)C. The van der Waals surface area contributed by atoms with Gasteiger partial charge < -0.3 is 14.6 Å². The third-order valence-corrected chi connectivity index (χ3v) is 2.82. The van der Waals surface area contributed by atoms with Gasteiger partial charge in [-0.25, -0.2) is 4.79 Å². The molecule has 1 aliphatic rings. The molecule has 0 bridgehead atoms. The molecule has 0 aromatic rings. The van der Waals surface area contributed by atoms with Gasteiger partial charge in [0.15, 0.2) is 5.60 Å². The van der Waals surface area contributed by atoms with Gasteiger partial charge in [-0.2, -0.15) is 0 Å². The van der Waals surface area contributed by atoms with Crippen molar-refractivity contribution in [2.45, 2.75) is 32.0 Å². The van der Waals surface area contributed by atoms with Gasteiger partial charge in [0, 0.05) is 5.92 Å². The van der Waals surface area contributed by atoms with Gasteiger partial charge >= 0.3 is 5.97 Å². The molecule has 13 heavy (non-hydrogen) atoms. The average molecular weight is 188 g/mol. The Morgan fingerprint density at radius 2 is 2.15 bits per heavy atom. The molecule has 0 aliphatic carbocycles. The Labute approximate surface area is 77.8 Å². The predicted molar refractivity (Wildman–Crippen MR) is 46.2 cm³/mol. The number of carbonyl (C=O) groups excluding carboxylic acids is 1. The molecule has 1 heterocycles. The predicted octanol–water partition coefficient (Wildman–Crippen LogP) is 0.335. The molecule has 0 saturated carbocycles. The Balaban J connectivity index is 3.03. The Hall–Kier alpha value is -0.610. The van der Waals surface area contributed by atoms with Crippen LogP contribution in [0.3, 0.4) is 0 Å². The third kappa shape index (κ3) is 1.25. The van der Waals surface area contributed by atoms with E-state index < -0.39 is 17.2 Å². The smallest absolute Gasteiger partial charge is 0.341 e. The molecule has 4 nitrogen and oxygen atoms in total. The third-order valence-electron chi connectivity index (χ3n) is 2.82. The molecule has 0 aromatic heterocycles. The van der Waals surface area contributed by atoms with Crippen molar-refractivity contribution >= 4 is 5.97 Å². The molecule has 76 valence electrons. The van der Waals surface area contributed by atoms with Crippen molar-refractivity contribution in [2.75, 3.05) is 13.7 Å². The lowest BCUT2D eigenvalue weighted by Crippen LogP contribution is -2.56. The molecule has 1 rings (SSSR count). The minimum atomic E-state index is -1.53. The lowest BCUT2D eigenvalue weighted by atomic mass is 9.79. The molecule has 0 amide bonds. The minimum Gasteiger partial charge on any atom is -0.467 e. The standard InChI is InChI=1S/C9H16O4/c1-6-5-13-8(2,3)9(6,11)7(10)12-4/h6,11H,5H2,1-4H3. The van der Waals surface area contributed by atoms with E-state index in [0.29, 0.717) is 6.61 Å². The number of esters is 1. The van der Waals surface area contributed by atoms with Crippen LogP contribution in [-0.4, -0.2) is 36.0 Å². The van der Waals surface area contributed by atoms with E-state index in [9.17, 15) is 9.90 Å². The number of hydrogen-bond acceptors (Lipinski definition) is 4. The first-order chi connectivity index (χ1) is 5.86. The van der Waals surface area contributed by atoms with E-state index in [4.69, 9.17) is 4.74 Å². The summed E-state index contributed by atoms with van der Waals surface area (Å²) in [6.45, 7) is 5.52. The average Bonchev–Trinajstić information content (AvgIpc) is 2.29. The van der Waals surface area contributed by atoms with Crippen LogP contribution in [0.4, 0.5) is 0 Å². The van der Waals surface area contributed by atoms with Gasteiger partial charge in [0.25, 0.3) is 0 Å². The van der Waals surface area contributed by atoms with Crippen molar-refractivity contribution in [1.82, 2.24) is 0 Å². The van der Waals surface area contributed by atoms with Crippen LogP contribution in [0.1, 0.15) is 20.8 Å². The lowest BCUT2D eigenvalue weighted by molar-refractivity contribution is -0.181. The van der Waals surface area contributed by atoms with Crippen LogP contribution in [0, 0.1) is 5.92 Å². The highest BCUT2D eigenvalue weighted by Gasteiger charge is 2.60. The lowest BCUT2D eigenvalue weighted by Gasteiger charge is -2.34. The van der Waals surface area contributed by atoms with E-state index in [0.717, 1.165) is 0 Å². The fraction of sp³-hybridized carbons (Fsp3) is 0.889. The van der Waals surface area contributed by atoms with Crippen molar-refractivity contribution in [3.63, 3.8) is 0 Å². The molecule has 1 saturated heterocycles. The molecule has 4 heteroatoms. The summed E-state index contributed by atoms with van der Waals surface area (Å²) in [6, 6.07) is 0. The van der Waals surface area contributed by atoms with Gasteiger partial charge in [0.1, 0.15) is 5.60 Å². The van der Waals surface area contributed by atoms with Crippen molar-refractivity contribution in [3.8, 4) is 0 Å². The van der Waals surface area contributed by atoms with Crippen LogP contribution in [0.2, 0.25) is 0 Å². The number of carbonyl (C=O) groups is 1. The normalized spacial score (nSPS) is 37.5. The van der Waals surface area contributed by atoms with Crippen LogP contribution >= 0.6 is 0 Å². The molecular weight excluding hydrogens is 172 g/mol. The second kappa shape index (κ2) is 2.96. The Morgan fingerprint density at radius 1 is 1.62 bits per heavy atom. The van der Waals surface area contributed by atoms with Gasteiger partial charge in [-0.05, 0) is 13.8 Å². The van der Waals surface area contributed by atoms with Crippen molar-refractivity contribution in [2.24, 2.45) is 5.92 Å². The zero-order valence-corrected chi connectivity index (χ0v) is 8.46. The van der Waals surface area contributed by atoms with E-state index in [2.05, 4.69) is 4.74 Å². The zero-order valence-electron chi connectivity index (χ0n) is 8.46. The Morgan fingerprint density at radius 3 is 2.46 bits per heavy atom. The van der Waals surface area contributed by atoms with Gasteiger partial charge in [-0.15, -0.1) is 0 Å². The highest BCUT2D eigenvalue weighted by Crippen LogP contribution is 2.40. The molecule has 2 atom stereocenters. The Bertz CT molecular complexity index is 224. The summed E-state index contributed by atoms with van der Waals surface area (Å²) in [5.74, 6) is -0.863. The fourth-order valence-corrected chi connectivity index (χ4v) is 1.76. The van der Waals surface area contributed by atoms with Crippen LogP contribution in [0.5, 0.6) is 0 Å². The molecular formula is C9H16O4. The summed E-state index contributed by atoms with van der Waals surface area (Å²) in [5, 5.41) is 10.2. The summed E-state index contributed by atoms with van der Waals surface area (Å²) in [4.78, 5) is 11.4. The van der Waals surface area contributed by atoms with E-state index in [1.807, 2.05) is 0 Å². The minimum absolute atomic E-state index is 0.241. The number of ether oxygens (including phenoxy) is 2. The van der Waals surface area contributed by atoms with E-state index in [1.54, 1.807) is 20.8 Å². The topological polar surface area (TPSA) is 55.8 Å². The maximum absolute atomic E-state index is 11.4. The van der Waals surface area contributed by atoms with Crippen LogP contribution in [0.25, 0.3) is 0 Å².